The second-order valence-electron chi connectivity index (χ2n) is 3.72. The van der Waals surface area contributed by atoms with Crippen molar-refractivity contribution in [2.24, 2.45) is 5.73 Å². The molecule has 1 unspecified atom stereocenters. The van der Waals surface area contributed by atoms with Gasteiger partial charge >= 0.3 is 0 Å². The molecule has 0 fully saturated rings. The first-order valence-corrected chi connectivity index (χ1v) is 5.00. The molecule has 13 heavy (non-hydrogen) atoms. The predicted molar refractivity (Wildman–Crippen MR) is 62.0 cm³/mol. The summed E-state index contributed by atoms with van der Waals surface area (Å²) < 4.78 is 0. The molecule has 0 aromatic heterocycles. The van der Waals surface area contributed by atoms with Gasteiger partial charge in [0.2, 0.25) is 0 Å². The molecule has 0 aliphatic heterocycles. The molecule has 1 atom stereocenters. The Morgan fingerprint density at radius 2 is 1.85 bits per heavy atom. The second kappa shape index (κ2) is 6.29. The Balaban J connectivity index is 3.61. The van der Waals surface area contributed by atoms with Crippen molar-refractivity contribution >= 4 is 17.2 Å². The largest absolute Gasteiger partial charge is 0.392 e. The minimum Gasteiger partial charge on any atom is -0.392 e. The highest BCUT2D eigenvalue weighted by molar-refractivity contribution is 7.80. The average Bonchev–Trinajstić information content (AvgIpc) is 2.02. The molecule has 0 spiro atoms. The molecular weight excluding hydrogens is 182 g/mol. The Labute approximate surface area is 86.9 Å². The monoisotopic (exact) mass is 203 g/mol. The van der Waals surface area contributed by atoms with Crippen molar-refractivity contribution in [2.75, 3.05) is 34.2 Å². The fourth-order valence-electron chi connectivity index (χ4n) is 1.05. The highest BCUT2D eigenvalue weighted by Gasteiger charge is 2.10. The van der Waals surface area contributed by atoms with Gasteiger partial charge in [-0.15, -0.1) is 0 Å². The molecule has 0 aromatic carbocycles. The zero-order chi connectivity index (χ0) is 10.4. The third kappa shape index (κ3) is 5.96. The van der Waals surface area contributed by atoms with E-state index >= 15 is 0 Å². The Hall–Kier alpha value is -0.190. The number of hydrogen-bond acceptors (Lipinski definition) is 3. The maximum absolute atomic E-state index is 5.55. The third-order valence-electron chi connectivity index (χ3n) is 2.19. The smallest absolute Gasteiger partial charge is 0.0899 e. The van der Waals surface area contributed by atoms with E-state index in [4.69, 9.17) is 18.0 Å². The van der Waals surface area contributed by atoms with Crippen LogP contribution in [0, 0.1) is 0 Å². The molecule has 0 bridgehead atoms. The van der Waals surface area contributed by atoms with E-state index in [-0.39, 0.29) is 6.04 Å². The van der Waals surface area contributed by atoms with Gasteiger partial charge in [0.1, 0.15) is 0 Å². The molecule has 0 aromatic rings. The molecule has 0 aliphatic carbocycles. The maximum Gasteiger partial charge on any atom is 0.0899 e. The molecule has 0 saturated carbocycles. The highest BCUT2D eigenvalue weighted by atomic mass is 32.1. The number of nitrogens with two attached hydrogens (primary N) is 1. The Bertz CT molecular complexity index is 159. The van der Waals surface area contributed by atoms with Gasteiger partial charge in [-0.2, -0.15) is 0 Å². The maximum atomic E-state index is 5.55. The number of hydrogen-bond donors (Lipinski definition) is 1. The average molecular weight is 203 g/mol. The van der Waals surface area contributed by atoms with Crippen LogP contribution in [-0.2, 0) is 0 Å². The summed E-state index contributed by atoms with van der Waals surface area (Å²) in [6.07, 6.45) is 1.15. The van der Waals surface area contributed by atoms with Crippen LogP contribution in [0.1, 0.15) is 13.3 Å². The van der Waals surface area contributed by atoms with Gasteiger partial charge in [-0.05, 0) is 47.6 Å². The van der Waals surface area contributed by atoms with Crippen LogP contribution in [0.25, 0.3) is 0 Å². The van der Waals surface area contributed by atoms with Gasteiger partial charge in [0.25, 0.3) is 0 Å². The Morgan fingerprint density at radius 3 is 2.23 bits per heavy atom. The van der Waals surface area contributed by atoms with E-state index in [2.05, 4.69) is 30.9 Å². The second-order valence-corrected chi connectivity index (χ2v) is 4.19. The fraction of sp³-hybridized carbons (Fsp3) is 0.889. The summed E-state index contributed by atoms with van der Waals surface area (Å²) in [7, 11) is 6.22. The van der Waals surface area contributed by atoms with Gasteiger partial charge in [0, 0.05) is 0 Å². The molecule has 0 aliphatic rings. The summed E-state index contributed by atoms with van der Waals surface area (Å²) in [6.45, 7) is 4.18. The third-order valence-corrected chi connectivity index (χ3v) is 2.53. The Kier molecular flexibility index (Phi) is 6.20. The first-order chi connectivity index (χ1) is 5.95. The number of thiocarbonyl (C=S) groups is 1. The molecule has 4 heteroatoms. The van der Waals surface area contributed by atoms with Crippen LogP contribution >= 0.6 is 12.2 Å². The Morgan fingerprint density at radius 1 is 1.31 bits per heavy atom. The number of rotatable bonds is 6. The minimum atomic E-state index is 0.206. The molecule has 0 saturated heterocycles. The van der Waals surface area contributed by atoms with E-state index in [0.29, 0.717) is 4.99 Å². The molecular formula is C9H21N3S. The standard InChI is InChI=1S/C9H21N3S/c1-8(9(10)13)12(4)7-5-6-11(2)3/h8H,5-7H2,1-4H3,(H2,10,13). The van der Waals surface area contributed by atoms with Crippen LogP contribution in [0.4, 0.5) is 0 Å². The minimum absolute atomic E-state index is 0.206. The van der Waals surface area contributed by atoms with Crippen molar-refractivity contribution in [2.45, 2.75) is 19.4 Å². The van der Waals surface area contributed by atoms with E-state index in [1.54, 1.807) is 0 Å². The van der Waals surface area contributed by atoms with E-state index in [1.165, 1.54) is 0 Å². The summed E-state index contributed by atoms with van der Waals surface area (Å²) in [6, 6.07) is 0.206. The van der Waals surface area contributed by atoms with Gasteiger partial charge in [-0.3, -0.25) is 4.90 Å². The topological polar surface area (TPSA) is 32.5 Å². The highest BCUT2D eigenvalue weighted by Crippen LogP contribution is 1.97. The summed E-state index contributed by atoms with van der Waals surface area (Å²) in [4.78, 5) is 4.94. The summed E-state index contributed by atoms with van der Waals surface area (Å²) in [5, 5.41) is 0. The summed E-state index contributed by atoms with van der Waals surface area (Å²) in [5.74, 6) is 0. The van der Waals surface area contributed by atoms with Crippen LogP contribution < -0.4 is 5.73 Å². The van der Waals surface area contributed by atoms with Crippen LogP contribution in [0.5, 0.6) is 0 Å². The van der Waals surface area contributed by atoms with Gasteiger partial charge in [-0.1, -0.05) is 12.2 Å². The number of likely N-dealkylation sites (N-methyl/N-ethyl adjacent to an activating group) is 1. The molecule has 0 heterocycles. The van der Waals surface area contributed by atoms with Crippen LogP contribution in [0.15, 0.2) is 0 Å². The summed E-state index contributed by atoms with van der Waals surface area (Å²) >= 11 is 4.92. The van der Waals surface area contributed by atoms with Gasteiger partial charge in [-0.25, -0.2) is 0 Å². The summed E-state index contributed by atoms with van der Waals surface area (Å²) in [5.41, 5.74) is 5.55. The predicted octanol–water partition coefficient (Wildman–Crippen LogP) is 0.544. The van der Waals surface area contributed by atoms with E-state index in [9.17, 15) is 0 Å². The van der Waals surface area contributed by atoms with Crippen LogP contribution in [0.2, 0.25) is 0 Å². The SMILES string of the molecule is CC(C(N)=S)N(C)CCCN(C)C. The fourth-order valence-corrected chi connectivity index (χ4v) is 1.23. The molecule has 0 amide bonds. The van der Waals surface area contributed by atoms with Crippen molar-refractivity contribution in [1.29, 1.82) is 0 Å². The first kappa shape index (κ1) is 12.8. The van der Waals surface area contributed by atoms with Crippen molar-refractivity contribution in [3.8, 4) is 0 Å². The van der Waals surface area contributed by atoms with Crippen molar-refractivity contribution in [3.05, 3.63) is 0 Å². The number of nitrogens with zero attached hydrogens (tertiary/aromatic N) is 2. The van der Waals surface area contributed by atoms with Gasteiger partial charge < -0.3 is 10.6 Å². The molecule has 3 nitrogen and oxygen atoms in total. The van der Waals surface area contributed by atoms with Gasteiger partial charge in [0.05, 0.1) is 11.0 Å². The van der Waals surface area contributed by atoms with Crippen LogP contribution in [0.3, 0.4) is 0 Å². The molecule has 78 valence electrons. The van der Waals surface area contributed by atoms with E-state index < -0.39 is 0 Å². The quantitative estimate of drug-likeness (QED) is 0.639. The lowest BCUT2D eigenvalue weighted by atomic mass is 10.2. The van der Waals surface area contributed by atoms with Crippen molar-refractivity contribution in [3.63, 3.8) is 0 Å². The molecule has 0 rings (SSSR count). The molecule has 2 N–H and O–H groups in total. The van der Waals surface area contributed by atoms with Crippen molar-refractivity contribution < 1.29 is 0 Å². The first-order valence-electron chi connectivity index (χ1n) is 4.59. The lowest BCUT2D eigenvalue weighted by molar-refractivity contribution is 0.284. The van der Waals surface area contributed by atoms with E-state index in [1.807, 2.05) is 6.92 Å². The zero-order valence-corrected chi connectivity index (χ0v) is 9.90. The van der Waals surface area contributed by atoms with Crippen molar-refractivity contribution in [1.82, 2.24) is 9.80 Å². The normalized spacial score (nSPS) is 13.7. The lowest BCUT2D eigenvalue weighted by Gasteiger charge is -2.24. The lowest BCUT2D eigenvalue weighted by Crippen LogP contribution is -2.40. The molecule has 0 radical (unpaired) electrons. The van der Waals surface area contributed by atoms with E-state index in [0.717, 1.165) is 19.5 Å². The van der Waals surface area contributed by atoms with Crippen LogP contribution in [-0.4, -0.2) is 55.1 Å². The van der Waals surface area contributed by atoms with Gasteiger partial charge in [0.15, 0.2) is 0 Å². The zero-order valence-electron chi connectivity index (χ0n) is 9.08.